The Kier molecular flexibility index (Phi) is 8.22. The fourth-order valence-electron chi connectivity index (χ4n) is 3.29. The second-order valence-corrected chi connectivity index (χ2v) is 11.8. The molecule has 0 atom stereocenters. The van der Waals surface area contributed by atoms with Crippen molar-refractivity contribution in [3.63, 3.8) is 0 Å². The van der Waals surface area contributed by atoms with Crippen LogP contribution in [0.5, 0.6) is 5.75 Å². The lowest BCUT2D eigenvalue weighted by Crippen LogP contribution is -2.40. The minimum absolute atomic E-state index is 0.0302. The largest absolute Gasteiger partial charge is 0.495 e. The summed E-state index contributed by atoms with van der Waals surface area (Å²) < 4.78 is 65.2. The second-order valence-electron chi connectivity index (χ2n) is 7.75. The minimum Gasteiger partial charge on any atom is -0.495 e. The topological polar surface area (TPSA) is 131 Å². The molecule has 10 nitrogen and oxygen atoms in total. The predicted molar refractivity (Wildman–Crippen MR) is 127 cm³/mol. The van der Waals surface area contributed by atoms with E-state index in [1.165, 1.54) is 47.8 Å². The van der Waals surface area contributed by atoms with Crippen LogP contribution in [-0.4, -0.2) is 66.5 Å². The number of benzene rings is 2. The second kappa shape index (κ2) is 10.6. The number of amides is 1. The van der Waals surface area contributed by atoms with Crippen molar-refractivity contribution in [2.24, 2.45) is 0 Å². The van der Waals surface area contributed by atoms with E-state index in [1.807, 2.05) is 0 Å². The number of carbonyl (C=O) groups excluding carboxylic acids is 1. The lowest BCUT2D eigenvalue weighted by Gasteiger charge is -2.26. The van der Waals surface area contributed by atoms with Gasteiger partial charge in [0.1, 0.15) is 5.75 Å². The summed E-state index contributed by atoms with van der Waals surface area (Å²) in [6.07, 6.45) is 0. The molecule has 0 aromatic heterocycles. The van der Waals surface area contributed by atoms with Crippen LogP contribution in [0.15, 0.2) is 46.2 Å². The number of carbonyl (C=O) groups is 1. The van der Waals surface area contributed by atoms with Crippen molar-refractivity contribution >= 4 is 43.2 Å². The van der Waals surface area contributed by atoms with Gasteiger partial charge < -0.3 is 14.8 Å². The molecule has 1 aliphatic heterocycles. The highest BCUT2D eigenvalue weighted by molar-refractivity contribution is 7.89. The molecule has 1 aliphatic rings. The van der Waals surface area contributed by atoms with Gasteiger partial charge in [0.15, 0.2) is 0 Å². The first-order valence-electron chi connectivity index (χ1n) is 10.3. The van der Waals surface area contributed by atoms with Crippen molar-refractivity contribution in [2.75, 3.05) is 38.7 Å². The molecule has 3 rings (SSSR count). The Bertz CT molecular complexity index is 1280. The van der Waals surface area contributed by atoms with Crippen molar-refractivity contribution in [3.05, 3.63) is 47.0 Å². The van der Waals surface area contributed by atoms with E-state index in [-0.39, 0.29) is 64.2 Å². The average Bonchev–Trinajstić information content (AvgIpc) is 2.78. The normalized spacial score (nSPS) is 15.3. The number of hydrogen-bond donors (Lipinski definition) is 2. The molecule has 0 bridgehead atoms. The third kappa shape index (κ3) is 5.88. The van der Waals surface area contributed by atoms with Gasteiger partial charge in [-0.2, -0.15) is 4.31 Å². The van der Waals surface area contributed by atoms with E-state index in [2.05, 4.69) is 10.0 Å². The number of rotatable bonds is 8. The number of nitrogens with one attached hydrogen (secondary N) is 2. The maximum atomic E-state index is 13.1. The number of anilines is 1. The fourth-order valence-corrected chi connectivity index (χ4v) is 6.21. The van der Waals surface area contributed by atoms with Gasteiger partial charge in [-0.25, -0.2) is 21.6 Å². The summed E-state index contributed by atoms with van der Waals surface area (Å²) in [6, 6.07) is 7.52. The Labute approximate surface area is 204 Å². The number of hydrogen-bond acceptors (Lipinski definition) is 7. The molecule has 13 heteroatoms. The summed E-state index contributed by atoms with van der Waals surface area (Å²) in [5.74, 6) is -0.515. The van der Waals surface area contributed by atoms with E-state index in [0.717, 1.165) is 0 Å². The first kappa shape index (κ1) is 26.4. The van der Waals surface area contributed by atoms with E-state index >= 15 is 0 Å². The number of morpholine rings is 1. The van der Waals surface area contributed by atoms with Gasteiger partial charge in [0, 0.05) is 19.1 Å². The Balaban J connectivity index is 1.94. The van der Waals surface area contributed by atoms with Crippen LogP contribution < -0.4 is 14.8 Å². The Morgan fingerprint density at radius 1 is 1.06 bits per heavy atom. The molecular weight excluding hydrogens is 506 g/mol. The van der Waals surface area contributed by atoms with Crippen LogP contribution in [0.1, 0.15) is 24.2 Å². The van der Waals surface area contributed by atoms with E-state index in [0.29, 0.717) is 0 Å². The third-order valence-corrected chi connectivity index (χ3v) is 8.79. The molecule has 2 aromatic carbocycles. The van der Waals surface area contributed by atoms with Gasteiger partial charge >= 0.3 is 0 Å². The minimum atomic E-state index is -3.86. The monoisotopic (exact) mass is 531 g/mol. The summed E-state index contributed by atoms with van der Waals surface area (Å²) in [7, 11) is -6.32. The van der Waals surface area contributed by atoms with Crippen molar-refractivity contribution in [2.45, 2.75) is 29.7 Å². The van der Waals surface area contributed by atoms with E-state index in [1.54, 1.807) is 13.8 Å². The number of sulfonamides is 2. The lowest BCUT2D eigenvalue weighted by molar-refractivity contribution is 0.0730. The zero-order valence-electron chi connectivity index (χ0n) is 18.9. The molecule has 0 unspecified atom stereocenters. The molecule has 1 amide bonds. The Morgan fingerprint density at radius 2 is 1.71 bits per heavy atom. The zero-order chi connectivity index (χ0) is 25.1. The van der Waals surface area contributed by atoms with Gasteiger partial charge in [0.2, 0.25) is 20.0 Å². The maximum Gasteiger partial charge on any atom is 0.257 e. The van der Waals surface area contributed by atoms with E-state index < -0.39 is 26.0 Å². The summed E-state index contributed by atoms with van der Waals surface area (Å²) in [4.78, 5) is 12.9. The van der Waals surface area contributed by atoms with Crippen LogP contribution in [0.25, 0.3) is 0 Å². The van der Waals surface area contributed by atoms with Crippen LogP contribution in [0.4, 0.5) is 5.69 Å². The summed E-state index contributed by atoms with van der Waals surface area (Å²) in [5, 5.41) is 2.60. The summed E-state index contributed by atoms with van der Waals surface area (Å²) in [6.45, 7) is 4.34. The average molecular weight is 532 g/mol. The Morgan fingerprint density at radius 3 is 2.32 bits per heavy atom. The highest BCUT2D eigenvalue weighted by Gasteiger charge is 2.28. The van der Waals surface area contributed by atoms with Gasteiger partial charge in [-0.05, 0) is 50.2 Å². The molecule has 2 N–H and O–H groups in total. The van der Waals surface area contributed by atoms with Gasteiger partial charge in [-0.15, -0.1) is 0 Å². The van der Waals surface area contributed by atoms with Crippen molar-refractivity contribution < 1.29 is 31.1 Å². The molecule has 1 heterocycles. The molecule has 0 aliphatic carbocycles. The van der Waals surface area contributed by atoms with Crippen molar-refractivity contribution in [3.8, 4) is 5.75 Å². The van der Waals surface area contributed by atoms with Gasteiger partial charge in [0.25, 0.3) is 5.91 Å². The standard InChI is InChI=1S/C21H26ClN3O7S2/c1-14(2)24-33(27,28)15-5-7-20(31-3)19(13-15)23-21(26)17-12-16(4-6-18(17)22)34(29,30)25-8-10-32-11-9-25/h4-7,12-14,24H,8-11H2,1-3H3,(H,23,26). The highest BCUT2D eigenvalue weighted by atomic mass is 35.5. The first-order valence-corrected chi connectivity index (χ1v) is 13.6. The van der Waals surface area contributed by atoms with Crippen molar-refractivity contribution in [1.82, 2.24) is 9.03 Å². The van der Waals surface area contributed by atoms with E-state index in [4.69, 9.17) is 21.1 Å². The third-order valence-electron chi connectivity index (χ3n) is 4.91. The number of nitrogens with zero attached hydrogens (tertiary/aromatic N) is 1. The summed E-state index contributed by atoms with van der Waals surface area (Å²) >= 11 is 6.20. The van der Waals surface area contributed by atoms with Crippen LogP contribution in [0.3, 0.4) is 0 Å². The number of methoxy groups -OCH3 is 1. The van der Waals surface area contributed by atoms with Crippen LogP contribution in [-0.2, 0) is 24.8 Å². The highest BCUT2D eigenvalue weighted by Crippen LogP contribution is 2.30. The zero-order valence-corrected chi connectivity index (χ0v) is 21.3. The van der Waals surface area contributed by atoms with Gasteiger partial charge in [0.05, 0.1) is 46.4 Å². The van der Waals surface area contributed by atoms with Gasteiger partial charge in [-0.1, -0.05) is 11.6 Å². The molecule has 0 spiro atoms. The quantitative estimate of drug-likeness (QED) is 0.534. The number of ether oxygens (including phenoxy) is 2. The first-order chi connectivity index (χ1) is 16.0. The van der Waals surface area contributed by atoms with E-state index in [9.17, 15) is 21.6 Å². The summed E-state index contributed by atoms with van der Waals surface area (Å²) in [5.41, 5.74) is -0.0109. The maximum absolute atomic E-state index is 13.1. The van der Waals surface area contributed by atoms with Crippen molar-refractivity contribution in [1.29, 1.82) is 0 Å². The smallest absolute Gasteiger partial charge is 0.257 e. The lowest BCUT2D eigenvalue weighted by atomic mass is 10.2. The molecule has 1 fully saturated rings. The van der Waals surface area contributed by atoms with Gasteiger partial charge in [-0.3, -0.25) is 4.79 Å². The SMILES string of the molecule is COc1ccc(S(=O)(=O)NC(C)C)cc1NC(=O)c1cc(S(=O)(=O)N2CCOCC2)ccc1Cl. The molecule has 0 saturated carbocycles. The molecular formula is C21H26ClN3O7S2. The Hall–Kier alpha value is -2.22. The fraction of sp³-hybridized carbons (Fsp3) is 0.381. The molecule has 2 aromatic rings. The molecule has 186 valence electrons. The molecule has 0 radical (unpaired) electrons. The van der Waals surface area contributed by atoms with Crippen LogP contribution >= 0.6 is 11.6 Å². The predicted octanol–water partition coefficient (Wildman–Crippen LogP) is 2.31. The molecule has 34 heavy (non-hydrogen) atoms. The number of halogens is 1. The van der Waals surface area contributed by atoms with Crippen LogP contribution in [0.2, 0.25) is 5.02 Å². The molecule has 1 saturated heterocycles. The van der Waals surface area contributed by atoms with Crippen LogP contribution in [0, 0.1) is 0 Å².